The number of benzene rings is 3. The molecule has 0 aliphatic carbocycles. The van der Waals surface area contributed by atoms with Crippen molar-refractivity contribution in [2.45, 2.75) is 25.6 Å². The van der Waals surface area contributed by atoms with Crippen LogP contribution >= 0.6 is 23.2 Å². The van der Waals surface area contributed by atoms with E-state index in [9.17, 15) is 10.2 Å². The topological polar surface area (TPSA) is 55.7 Å². The molecule has 0 saturated heterocycles. The fraction of sp³-hybridized carbons (Fsp3) is 0.250. The van der Waals surface area contributed by atoms with Gasteiger partial charge in [-0.3, -0.25) is 4.90 Å². The van der Waals surface area contributed by atoms with Crippen LogP contribution in [-0.2, 0) is 6.54 Å². The van der Waals surface area contributed by atoms with Crippen LogP contribution in [-0.4, -0.2) is 34.3 Å². The van der Waals surface area contributed by atoms with Gasteiger partial charge < -0.3 is 15.5 Å². The summed E-state index contributed by atoms with van der Waals surface area (Å²) in [6.07, 6.45) is 0. The highest BCUT2D eigenvalue weighted by atomic mass is 35.5. The van der Waals surface area contributed by atoms with Crippen LogP contribution in [0.2, 0.25) is 10.0 Å². The third-order valence-electron chi connectivity index (χ3n) is 5.09. The Bertz CT molecular complexity index is 936. The minimum Gasteiger partial charge on any atom is -0.508 e. The van der Waals surface area contributed by atoms with Crippen molar-refractivity contribution in [3.05, 3.63) is 94.0 Å². The smallest absolute Gasteiger partial charge is 0.117 e. The van der Waals surface area contributed by atoms with Gasteiger partial charge in [0.2, 0.25) is 0 Å². The quantitative estimate of drug-likeness (QED) is 0.368. The summed E-state index contributed by atoms with van der Waals surface area (Å²) >= 11 is 12.4. The zero-order valence-corrected chi connectivity index (χ0v) is 18.3. The minimum absolute atomic E-state index is 0.0305. The Balaban J connectivity index is 1.89. The van der Waals surface area contributed by atoms with Gasteiger partial charge in [0.25, 0.3) is 0 Å². The molecule has 0 spiro atoms. The number of nitrogens with one attached hydrogen (secondary N) is 1. The standard InChI is InChI=1S/C24H26Cl2N2O2/c1-17(16-29)28(14-18-5-3-2-4-6-18)15-24(19-7-9-20(25)10-8-19)27-23-12-11-21(30)13-22(23)26/h2-13,17,24,27,29-30H,14-16H2,1H3/t17-,24+/m1/s1. The lowest BCUT2D eigenvalue weighted by Crippen LogP contribution is -2.39. The molecule has 30 heavy (non-hydrogen) atoms. The molecule has 0 unspecified atom stereocenters. The maximum Gasteiger partial charge on any atom is 0.117 e. The van der Waals surface area contributed by atoms with Gasteiger partial charge in [-0.2, -0.15) is 0 Å². The normalized spacial score (nSPS) is 13.2. The molecule has 6 heteroatoms. The number of phenolic OH excluding ortho intramolecular Hbond substituents is 1. The fourth-order valence-corrected chi connectivity index (χ4v) is 3.66. The highest BCUT2D eigenvalue weighted by molar-refractivity contribution is 6.33. The van der Waals surface area contributed by atoms with Crippen molar-refractivity contribution < 1.29 is 10.2 Å². The molecule has 0 bridgehead atoms. The van der Waals surface area contributed by atoms with Gasteiger partial charge in [0.1, 0.15) is 5.75 Å². The van der Waals surface area contributed by atoms with E-state index in [0.29, 0.717) is 23.1 Å². The zero-order valence-electron chi connectivity index (χ0n) is 16.8. The Hall–Kier alpha value is -2.24. The summed E-state index contributed by atoms with van der Waals surface area (Å²) < 4.78 is 0. The predicted octanol–water partition coefficient (Wildman–Crippen LogP) is 5.74. The molecule has 0 radical (unpaired) electrons. The number of anilines is 1. The fourth-order valence-electron chi connectivity index (χ4n) is 3.31. The summed E-state index contributed by atoms with van der Waals surface area (Å²) in [6, 6.07) is 22.6. The van der Waals surface area contributed by atoms with Crippen LogP contribution in [0.5, 0.6) is 5.75 Å². The molecule has 0 aliphatic rings. The van der Waals surface area contributed by atoms with E-state index in [0.717, 1.165) is 11.3 Å². The number of aliphatic hydroxyl groups is 1. The first-order chi connectivity index (χ1) is 14.5. The van der Waals surface area contributed by atoms with Crippen LogP contribution in [0.1, 0.15) is 24.1 Å². The summed E-state index contributed by atoms with van der Waals surface area (Å²) in [5, 5.41) is 24.1. The van der Waals surface area contributed by atoms with E-state index >= 15 is 0 Å². The Morgan fingerprint density at radius 2 is 1.67 bits per heavy atom. The summed E-state index contributed by atoms with van der Waals surface area (Å²) in [4.78, 5) is 2.23. The first kappa shape index (κ1) is 22.4. The van der Waals surface area contributed by atoms with E-state index in [2.05, 4.69) is 22.3 Å². The lowest BCUT2D eigenvalue weighted by molar-refractivity contribution is 0.123. The third kappa shape index (κ3) is 6.13. The highest BCUT2D eigenvalue weighted by Crippen LogP contribution is 2.30. The van der Waals surface area contributed by atoms with Gasteiger partial charge in [-0.05, 0) is 42.3 Å². The van der Waals surface area contributed by atoms with Crippen LogP contribution in [0.3, 0.4) is 0 Å². The monoisotopic (exact) mass is 444 g/mol. The molecule has 0 aromatic heterocycles. The summed E-state index contributed by atoms with van der Waals surface area (Å²) in [7, 11) is 0. The number of hydrogen-bond acceptors (Lipinski definition) is 4. The first-order valence-electron chi connectivity index (χ1n) is 9.85. The maximum atomic E-state index is 9.84. The van der Waals surface area contributed by atoms with Crippen molar-refractivity contribution in [1.29, 1.82) is 0 Å². The number of aromatic hydroxyl groups is 1. The molecule has 0 aliphatic heterocycles. The van der Waals surface area contributed by atoms with Crippen LogP contribution in [0, 0.1) is 0 Å². The Morgan fingerprint density at radius 3 is 2.30 bits per heavy atom. The number of phenols is 1. The van der Waals surface area contributed by atoms with Crippen molar-refractivity contribution >= 4 is 28.9 Å². The lowest BCUT2D eigenvalue weighted by atomic mass is 10.0. The van der Waals surface area contributed by atoms with Crippen molar-refractivity contribution in [2.75, 3.05) is 18.5 Å². The Labute approximate surface area is 187 Å². The number of rotatable bonds is 9. The third-order valence-corrected chi connectivity index (χ3v) is 5.65. The van der Waals surface area contributed by atoms with Crippen molar-refractivity contribution in [3.8, 4) is 5.75 Å². The zero-order chi connectivity index (χ0) is 21.5. The molecule has 4 nitrogen and oxygen atoms in total. The molecule has 3 aromatic carbocycles. The Morgan fingerprint density at radius 1 is 0.967 bits per heavy atom. The molecular weight excluding hydrogens is 419 g/mol. The summed E-state index contributed by atoms with van der Waals surface area (Å²) in [6.45, 7) is 3.41. The van der Waals surface area contributed by atoms with E-state index in [1.807, 2.05) is 49.4 Å². The van der Waals surface area contributed by atoms with E-state index in [4.69, 9.17) is 23.2 Å². The van der Waals surface area contributed by atoms with E-state index in [1.165, 1.54) is 11.6 Å². The van der Waals surface area contributed by atoms with Crippen molar-refractivity contribution in [2.24, 2.45) is 0 Å². The number of aliphatic hydroxyl groups excluding tert-OH is 1. The second-order valence-electron chi connectivity index (χ2n) is 7.36. The van der Waals surface area contributed by atoms with Crippen molar-refractivity contribution in [3.63, 3.8) is 0 Å². The number of halogens is 2. The van der Waals surface area contributed by atoms with Gasteiger partial charge in [-0.1, -0.05) is 65.7 Å². The molecule has 3 aromatic rings. The average molecular weight is 445 g/mol. The maximum absolute atomic E-state index is 9.84. The minimum atomic E-state index is -0.109. The summed E-state index contributed by atoms with van der Waals surface area (Å²) in [5.41, 5.74) is 2.95. The van der Waals surface area contributed by atoms with Crippen LogP contribution in [0.15, 0.2) is 72.8 Å². The molecule has 158 valence electrons. The van der Waals surface area contributed by atoms with Crippen LogP contribution < -0.4 is 5.32 Å². The second kappa shape index (κ2) is 10.7. The van der Waals surface area contributed by atoms with Gasteiger partial charge in [0.15, 0.2) is 0 Å². The molecule has 0 amide bonds. The van der Waals surface area contributed by atoms with Gasteiger partial charge in [0.05, 0.1) is 23.4 Å². The SMILES string of the molecule is C[C@H](CO)N(Cc1ccccc1)C[C@H](Nc1ccc(O)cc1Cl)c1ccc(Cl)cc1. The Kier molecular flexibility index (Phi) is 8.00. The molecule has 3 rings (SSSR count). The molecule has 0 saturated carbocycles. The highest BCUT2D eigenvalue weighted by Gasteiger charge is 2.21. The molecule has 0 heterocycles. The largest absolute Gasteiger partial charge is 0.508 e. The van der Waals surface area contributed by atoms with E-state index < -0.39 is 0 Å². The molecule has 3 N–H and O–H groups in total. The summed E-state index contributed by atoms with van der Waals surface area (Å²) in [5.74, 6) is 0.119. The van der Waals surface area contributed by atoms with Gasteiger partial charge in [-0.15, -0.1) is 0 Å². The molecule has 2 atom stereocenters. The van der Waals surface area contributed by atoms with Gasteiger partial charge in [-0.25, -0.2) is 0 Å². The molecule has 0 fully saturated rings. The number of nitrogens with zero attached hydrogens (tertiary/aromatic N) is 1. The van der Waals surface area contributed by atoms with Gasteiger partial charge >= 0.3 is 0 Å². The van der Waals surface area contributed by atoms with E-state index in [-0.39, 0.29) is 24.4 Å². The van der Waals surface area contributed by atoms with Crippen LogP contribution in [0.25, 0.3) is 0 Å². The second-order valence-corrected chi connectivity index (χ2v) is 8.20. The lowest BCUT2D eigenvalue weighted by Gasteiger charge is -2.33. The van der Waals surface area contributed by atoms with Crippen LogP contribution in [0.4, 0.5) is 5.69 Å². The van der Waals surface area contributed by atoms with Gasteiger partial charge in [0, 0.05) is 30.2 Å². The number of hydrogen-bond donors (Lipinski definition) is 3. The predicted molar refractivity (Wildman–Crippen MR) is 124 cm³/mol. The van der Waals surface area contributed by atoms with Crippen molar-refractivity contribution in [1.82, 2.24) is 4.90 Å². The first-order valence-corrected chi connectivity index (χ1v) is 10.6. The molecular formula is C24H26Cl2N2O2. The average Bonchev–Trinajstić information content (AvgIpc) is 2.75. The van der Waals surface area contributed by atoms with E-state index in [1.54, 1.807) is 12.1 Å².